The molecule has 0 aromatic heterocycles. The largest absolute Gasteiger partial charge is 0.329 e. The van der Waals surface area contributed by atoms with E-state index in [1.807, 2.05) is 0 Å². The molecule has 0 radical (unpaired) electrons. The Kier molecular flexibility index (Phi) is 4.84. The first kappa shape index (κ1) is 12.6. The van der Waals surface area contributed by atoms with Crippen molar-refractivity contribution in [3.8, 4) is 0 Å². The van der Waals surface area contributed by atoms with Crippen LogP contribution in [0.5, 0.6) is 0 Å². The minimum atomic E-state index is -0.429. The van der Waals surface area contributed by atoms with Gasteiger partial charge in [-0.25, -0.2) is 0 Å². The zero-order valence-corrected chi connectivity index (χ0v) is 8.93. The van der Waals surface area contributed by atoms with Crippen molar-refractivity contribution in [1.82, 2.24) is 5.32 Å². The van der Waals surface area contributed by atoms with Crippen molar-refractivity contribution in [1.29, 1.82) is 0 Å². The van der Waals surface area contributed by atoms with Crippen LogP contribution in [-0.4, -0.2) is 24.6 Å². The van der Waals surface area contributed by atoms with E-state index in [9.17, 15) is 10.1 Å². The molecular formula is C10H16N4O2. The van der Waals surface area contributed by atoms with Gasteiger partial charge in [0, 0.05) is 37.8 Å². The molecule has 6 heteroatoms. The predicted octanol–water partition coefficient (Wildman–Crippen LogP) is 0.143. The van der Waals surface area contributed by atoms with Crippen molar-refractivity contribution in [3.63, 3.8) is 0 Å². The van der Waals surface area contributed by atoms with Crippen molar-refractivity contribution in [2.45, 2.75) is 6.04 Å². The maximum absolute atomic E-state index is 10.4. The standard InChI is InChI=1S/C10H16N4O2/c11-5-6-13-7-10(12)8-1-3-9(4-2-8)14(15)16/h1-4,10,13H,5-7,11-12H2. The first-order valence-electron chi connectivity index (χ1n) is 5.06. The number of nitro groups is 1. The molecule has 88 valence electrons. The van der Waals surface area contributed by atoms with Crippen LogP contribution in [-0.2, 0) is 0 Å². The zero-order valence-electron chi connectivity index (χ0n) is 8.93. The molecule has 5 N–H and O–H groups in total. The van der Waals surface area contributed by atoms with E-state index in [0.717, 1.165) is 5.56 Å². The van der Waals surface area contributed by atoms with E-state index in [1.54, 1.807) is 12.1 Å². The molecule has 0 aliphatic rings. The lowest BCUT2D eigenvalue weighted by Crippen LogP contribution is -2.30. The molecule has 0 fully saturated rings. The van der Waals surface area contributed by atoms with Crippen LogP contribution in [0.15, 0.2) is 24.3 Å². The summed E-state index contributed by atoms with van der Waals surface area (Å²) in [6.45, 7) is 1.88. The van der Waals surface area contributed by atoms with Gasteiger partial charge in [0.1, 0.15) is 0 Å². The quantitative estimate of drug-likeness (QED) is 0.362. The van der Waals surface area contributed by atoms with Crippen molar-refractivity contribution < 1.29 is 4.92 Å². The second-order valence-electron chi connectivity index (χ2n) is 3.45. The van der Waals surface area contributed by atoms with Gasteiger partial charge in [0.2, 0.25) is 0 Å². The number of nitrogens with one attached hydrogen (secondary N) is 1. The highest BCUT2D eigenvalue weighted by Crippen LogP contribution is 2.15. The fraction of sp³-hybridized carbons (Fsp3) is 0.400. The Morgan fingerprint density at radius 2 is 2.00 bits per heavy atom. The highest BCUT2D eigenvalue weighted by molar-refractivity contribution is 5.34. The summed E-state index contributed by atoms with van der Waals surface area (Å²) in [6.07, 6.45) is 0. The number of benzene rings is 1. The van der Waals surface area contributed by atoms with E-state index in [-0.39, 0.29) is 11.7 Å². The zero-order chi connectivity index (χ0) is 12.0. The van der Waals surface area contributed by atoms with Crippen LogP contribution in [0.25, 0.3) is 0 Å². The van der Waals surface area contributed by atoms with Crippen LogP contribution in [0, 0.1) is 10.1 Å². The molecule has 1 unspecified atom stereocenters. The molecule has 16 heavy (non-hydrogen) atoms. The Labute approximate surface area is 93.8 Å². The van der Waals surface area contributed by atoms with Gasteiger partial charge in [-0.3, -0.25) is 10.1 Å². The lowest BCUT2D eigenvalue weighted by atomic mass is 10.1. The van der Waals surface area contributed by atoms with Gasteiger partial charge in [-0.2, -0.15) is 0 Å². The van der Waals surface area contributed by atoms with Crippen LogP contribution in [0.3, 0.4) is 0 Å². The van der Waals surface area contributed by atoms with Crippen molar-refractivity contribution in [3.05, 3.63) is 39.9 Å². The second kappa shape index (κ2) is 6.16. The predicted molar refractivity (Wildman–Crippen MR) is 61.9 cm³/mol. The first-order chi connectivity index (χ1) is 7.65. The number of rotatable bonds is 6. The van der Waals surface area contributed by atoms with Crippen LogP contribution in [0.4, 0.5) is 5.69 Å². The Morgan fingerprint density at radius 1 is 1.38 bits per heavy atom. The number of nitrogens with zero attached hydrogens (tertiary/aromatic N) is 1. The van der Waals surface area contributed by atoms with E-state index in [0.29, 0.717) is 19.6 Å². The molecule has 0 spiro atoms. The molecule has 0 heterocycles. The van der Waals surface area contributed by atoms with E-state index >= 15 is 0 Å². The molecule has 0 bridgehead atoms. The average molecular weight is 224 g/mol. The summed E-state index contributed by atoms with van der Waals surface area (Å²) in [7, 11) is 0. The molecule has 0 saturated heterocycles. The fourth-order valence-electron chi connectivity index (χ4n) is 1.32. The van der Waals surface area contributed by atoms with Crippen LogP contribution in [0.1, 0.15) is 11.6 Å². The highest BCUT2D eigenvalue weighted by Gasteiger charge is 2.08. The van der Waals surface area contributed by atoms with E-state index in [2.05, 4.69) is 5.32 Å². The summed E-state index contributed by atoms with van der Waals surface area (Å²) >= 11 is 0. The minimum Gasteiger partial charge on any atom is -0.329 e. The number of hydrogen-bond donors (Lipinski definition) is 3. The molecule has 0 saturated carbocycles. The van der Waals surface area contributed by atoms with Crippen LogP contribution < -0.4 is 16.8 Å². The number of hydrogen-bond acceptors (Lipinski definition) is 5. The van der Waals surface area contributed by atoms with Gasteiger partial charge in [-0.1, -0.05) is 12.1 Å². The average Bonchev–Trinajstić information content (AvgIpc) is 2.29. The van der Waals surface area contributed by atoms with Gasteiger partial charge in [-0.05, 0) is 5.56 Å². The minimum absolute atomic E-state index is 0.0749. The smallest absolute Gasteiger partial charge is 0.269 e. The summed E-state index contributed by atoms with van der Waals surface area (Å²) < 4.78 is 0. The summed E-state index contributed by atoms with van der Waals surface area (Å²) in [5, 5.41) is 13.5. The molecule has 6 nitrogen and oxygen atoms in total. The van der Waals surface area contributed by atoms with Gasteiger partial charge >= 0.3 is 0 Å². The van der Waals surface area contributed by atoms with Crippen LogP contribution in [0.2, 0.25) is 0 Å². The molecule has 1 aromatic rings. The summed E-state index contributed by atoms with van der Waals surface area (Å²) in [6, 6.07) is 6.09. The first-order valence-corrected chi connectivity index (χ1v) is 5.06. The Balaban J connectivity index is 2.56. The second-order valence-corrected chi connectivity index (χ2v) is 3.45. The fourth-order valence-corrected chi connectivity index (χ4v) is 1.32. The lowest BCUT2D eigenvalue weighted by molar-refractivity contribution is -0.384. The maximum atomic E-state index is 10.4. The SMILES string of the molecule is NCCNCC(N)c1ccc([N+](=O)[O-])cc1. The molecular weight excluding hydrogens is 208 g/mol. The lowest BCUT2D eigenvalue weighted by Gasteiger charge is -2.12. The van der Waals surface area contributed by atoms with Gasteiger partial charge in [0.25, 0.3) is 5.69 Å². The van der Waals surface area contributed by atoms with Crippen LogP contribution >= 0.6 is 0 Å². The molecule has 1 aromatic carbocycles. The third-order valence-corrected chi connectivity index (χ3v) is 2.22. The molecule has 0 aliphatic carbocycles. The normalized spacial score (nSPS) is 12.4. The maximum Gasteiger partial charge on any atom is 0.269 e. The third-order valence-electron chi connectivity index (χ3n) is 2.22. The Bertz CT molecular complexity index is 339. The summed E-state index contributed by atoms with van der Waals surface area (Å²) in [5.74, 6) is 0. The van der Waals surface area contributed by atoms with E-state index in [1.165, 1.54) is 12.1 Å². The molecule has 1 rings (SSSR count). The van der Waals surface area contributed by atoms with Crippen molar-refractivity contribution in [2.24, 2.45) is 11.5 Å². The summed E-state index contributed by atoms with van der Waals surface area (Å²) in [5.41, 5.74) is 12.2. The molecule has 1 atom stereocenters. The number of nitro benzene ring substituents is 1. The third kappa shape index (κ3) is 3.58. The van der Waals surface area contributed by atoms with Crippen molar-refractivity contribution in [2.75, 3.05) is 19.6 Å². The van der Waals surface area contributed by atoms with Gasteiger partial charge < -0.3 is 16.8 Å². The Morgan fingerprint density at radius 3 is 2.50 bits per heavy atom. The topological polar surface area (TPSA) is 107 Å². The molecule has 0 aliphatic heterocycles. The molecule has 0 amide bonds. The number of non-ortho nitro benzene ring substituents is 1. The van der Waals surface area contributed by atoms with E-state index < -0.39 is 4.92 Å². The van der Waals surface area contributed by atoms with Gasteiger partial charge in [0.05, 0.1) is 4.92 Å². The Hall–Kier alpha value is -1.50. The monoisotopic (exact) mass is 224 g/mol. The van der Waals surface area contributed by atoms with Gasteiger partial charge in [0.15, 0.2) is 0 Å². The highest BCUT2D eigenvalue weighted by atomic mass is 16.6. The van der Waals surface area contributed by atoms with Gasteiger partial charge in [-0.15, -0.1) is 0 Å². The summed E-state index contributed by atoms with van der Waals surface area (Å²) in [4.78, 5) is 10.0. The number of nitrogens with two attached hydrogens (primary N) is 2. The van der Waals surface area contributed by atoms with Crippen molar-refractivity contribution >= 4 is 5.69 Å². The van der Waals surface area contributed by atoms with E-state index in [4.69, 9.17) is 11.5 Å².